The largest absolute Gasteiger partial charge is 0.350 e. The summed E-state index contributed by atoms with van der Waals surface area (Å²) in [6, 6.07) is 0.204. The molecule has 0 bridgehead atoms. The van der Waals surface area contributed by atoms with Gasteiger partial charge in [0.25, 0.3) is 0 Å². The fourth-order valence-corrected chi connectivity index (χ4v) is 2.87. The number of rotatable bonds is 15. The molecule has 0 heterocycles. The van der Waals surface area contributed by atoms with Gasteiger partial charge >= 0.3 is 0 Å². The van der Waals surface area contributed by atoms with Crippen LogP contribution in [0.3, 0.4) is 0 Å². The first-order valence-electron chi connectivity index (χ1n) is 9.14. The normalized spacial score (nSPS) is 12.1. The predicted molar refractivity (Wildman–Crippen MR) is 98.5 cm³/mol. The standard InChI is InChI=1S/C19H36ClNO/c1-4-5-6-7-8-9-10-11-12-13-14-18(15-16-20)21-19(22)17(2)3/h18H,2,4-16H2,1,3H3,(H,21,22). The molecule has 0 aliphatic heterocycles. The van der Waals surface area contributed by atoms with Crippen LogP contribution < -0.4 is 5.32 Å². The van der Waals surface area contributed by atoms with Crippen LogP contribution in [-0.2, 0) is 4.79 Å². The van der Waals surface area contributed by atoms with Gasteiger partial charge in [-0.05, 0) is 19.8 Å². The van der Waals surface area contributed by atoms with Crippen LogP contribution in [0.4, 0.5) is 0 Å². The van der Waals surface area contributed by atoms with E-state index < -0.39 is 0 Å². The second kappa shape index (κ2) is 15.4. The molecule has 0 aromatic heterocycles. The van der Waals surface area contributed by atoms with E-state index in [0.717, 1.165) is 12.8 Å². The van der Waals surface area contributed by atoms with Gasteiger partial charge in [-0.3, -0.25) is 4.79 Å². The van der Waals surface area contributed by atoms with Crippen molar-refractivity contribution in [2.45, 2.75) is 96.9 Å². The third-order valence-electron chi connectivity index (χ3n) is 4.09. The smallest absolute Gasteiger partial charge is 0.246 e. The van der Waals surface area contributed by atoms with Gasteiger partial charge in [-0.2, -0.15) is 0 Å². The molecule has 0 saturated heterocycles. The molecule has 1 amide bonds. The highest BCUT2D eigenvalue weighted by Gasteiger charge is 2.11. The second-order valence-corrected chi connectivity index (χ2v) is 6.78. The maximum atomic E-state index is 11.7. The lowest BCUT2D eigenvalue weighted by atomic mass is 10.0. The van der Waals surface area contributed by atoms with E-state index in [2.05, 4.69) is 18.8 Å². The Bertz CT molecular complexity index is 291. The molecule has 0 aliphatic rings. The number of alkyl halides is 1. The minimum atomic E-state index is -0.0396. The summed E-state index contributed by atoms with van der Waals surface area (Å²) in [5, 5.41) is 3.03. The summed E-state index contributed by atoms with van der Waals surface area (Å²) < 4.78 is 0. The monoisotopic (exact) mass is 329 g/mol. The van der Waals surface area contributed by atoms with E-state index in [0.29, 0.717) is 11.5 Å². The Kier molecular flexibility index (Phi) is 15.0. The summed E-state index contributed by atoms with van der Waals surface area (Å²) in [4.78, 5) is 11.7. The number of unbranched alkanes of at least 4 members (excludes halogenated alkanes) is 9. The number of hydrogen-bond donors (Lipinski definition) is 1. The number of carbonyl (C=O) groups excluding carboxylic acids is 1. The first kappa shape index (κ1) is 21.5. The third kappa shape index (κ3) is 13.2. The molecule has 0 aromatic rings. The summed E-state index contributed by atoms with van der Waals surface area (Å²) in [5.74, 6) is 0.556. The van der Waals surface area contributed by atoms with Gasteiger partial charge < -0.3 is 5.32 Å². The van der Waals surface area contributed by atoms with Crippen molar-refractivity contribution in [1.82, 2.24) is 5.32 Å². The van der Waals surface area contributed by atoms with E-state index >= 15 is 0 Å². The molecule has 22 heavy (non-hydrogen) atoms. The van der Waals surface area contributed by atoms with Crippen molar-refractivity contribution >= 4 is 17.5 Å². The lowest BCUT2D eigenvalue weighted by Crippen LogP contribution is -2.35. The predicted octanol–water partition coefficient (Wildman–Crippen LogP) is 5.99. The van der Waals surface area contributed by atoms with E-state index in [-0.39, 0.29) is 11.9 Å². The highest BCUT2D eigenvalue weighted by atomic mass is 35.5. The van der Waals surface area contributed by atoms with Crippen molar-refractivity contribution in [3.63, 3.8) is 0 Å². The van der Waals surface area contributed by atoms with Gasteiger partial charge in [0.05, 0.1) is 0 Å². The van der Waals surface area contributed by atoms with Gasteiger partial charge in [-0.1, -0.05) is 77.7 Å². The van der Waals surface area contributed by atoms with Gasteiger partial charge in [0.1, 0.15) is 0 Å². The number of halogens is 1. The number of carbonyl (C=O) groups is 1. The van der Waals surface area contributed by atoms with Crippen LogP contribution in [0.2, 0.25) is 0 Å². The molecule has 0 aliphatic carbocycles. The number of amides is 1. The molecular formula is C19H36ClNO. The summed E-state index contributed by atoms with van der Waals surface area (Å²) in [5.41, 5.74) is 0.572. The molecule has 3 heteroatoms. The highest BCUT2D eigenvalue weighted by Crippen LogP contribution is 2.13. The Hall–Kier alpha value is -0.500. The molecular weight excluding hydrogens is 294 g/mol. The van der Waals surface area contributed by atoms with Crippen LogP contribution in [0.5, 0.6) is 0 Å². The summed E-state index contributed by atoms with van der Waals surface area (Å²) >= 11 is 5.82. The zero-order valence-corrected chi connectivity index (χ0v) is 15.5. The number of hydrogen-bond acceptors (Lipinski definition) is 1. The summed E-state index contributed by atoms with van der Waals surface area (Å²) in [7, 11) is 0. The van der Waals surface area contributed by atoms with Crippen LogP contribution >= 0.6 is 11.6 Å². The minimum Gasteiger partial charge on any atom is -0.350 e. The van der Waals surface area contributed by atoms with E-state index in [1.54, 1.807) is 6.92 Å². The van der Waals surface area contributed by atoms with Gasteiger partial charge in [0, 0.05) is 17.5 Å². The topological polar surface area (TPSA) is 29.1 Å². The molecule has 2 nitrogen and oxygen atoms in total. The van der Waals surface area contributed by atoms with Crippen molar-refractivity contribution in [2.24, 2.45) is 0 Å². The fourth-order valence-electron chi connectivity index (χ4n) is 2.61. The van der Waals surface area contributed by atoms with Crippen molar-refractivity contribution in [3.05, 3.63) is 12.2 Å². The van der Waals surface area contributed by atoms with Crippen molar-refractivity contribution < 1.29 is 4.79 Å². The molecule has 1 N–H and O–H groups in total. The molecule has 0 fully saturated rings. The Morgan fingerprint density at radius 3 is 1.91 bits per heavy atom. The lowest BCUT2D eigenvalue weighted by molar-refractivity contribution is -0.118. The second-order valence-electron chi connectivity index (χ2n) is 6.40. The zero-order chi connectivity index (χ0) is 16.6. The Balaban J connectivity index is 3.56. The quantitative estimate of drug-likeness (QED) is 0.223. The minimum absolute atomic E-state index is 0.0396. The Labute approximate surface area is 143 Å². The average molecular weight is 330 g/mol. The molecule has 0 radical (unpaired) electrons. The van der Waals surface area contributed by atoms with Gasteiger partial charge in [-0.15, -0.1) is 11.6 Å². The Morgan fingerprint density at radius 1 is 0.955 bits per heavy atom. The molecule has 1 unspecified atom stereocenters. The van der Waals surface area contributed by atoms with Crippen LogP contribution in [0.15, 0.2) is 12.2 Å². The van der Waals surface area contributed by atoms with Crippen molar-refractivity contribution in [3.8, 4) is 0 Å². The zero-order valence-electron chi connectivity index (χ0n) is 14.8. The molecule has 0 saturated carbocycles. The van der Waals surface area contributed by atoms with Crippen LogP contribution in [-0.4, -0.2) is 17.8 Å². The molecule has 130 valence electrons. The first-order valence-corrected chi connectivity index (χ1v) is 9.67. The van der Waals surface area contributed by atoms with Crippen LogP contribution in [0.1, 0.15) is 90.9 Å². The Morgan fingerprint density at radius 2 is 1.45 bits per heavy atom. The maximum Gasteiger partial charge on any atom is 0.246 e. The SMILES string of the molecule is C=C(C)C(=O)NC(CCCl)CCCCCCCCCCCC. The van der Waals surface area contributed by atoms with E-state index in [9.17, 15) is 4.79 Å². The molecule has 0 rings (SSSR count). The van der Waals surface area contributed by atoms with E-state index in [4.69, 9.17) is 11.6 Å². The molecule has 0 aromatic carbocycles. The maximum absolute atomic E-state index is 11.7. The van der Waals surface area contributed by atoms with Crippen LogP contribution in [0.25, 0.3) is 0 Å². The molecule has 0 spiro atoms. The van der Waals surface area contributed by atoms with Crippen molar-refractivity contribution in [1.29, 1.82) is 0 Å². The van der Waals surface area contributed by atoms with Crippen LogP contribution in [0, 0.1) is 0 Å². The summed E-state index contributed by atoms with van der Waals surface area (Å²) in [6.07, 6.45) is 15.3. The third-order valence-corrected chi connectivity index (χ3v) is 4.30. The van der Waals surface area contributed by atoms with Crippen molar-refractivity contribution in [2.75, 3.05) is 5.88 Å². The summed E-state index contributed by atoms with van der Waals surface area (Å²) in [6.45, 7) is 7.68. The van der Waals surface area contributed by atoms with E-state index in [1.165, 1.54) is 64.2 Å². The molecule has 1 atom stereocenters. The highest BCUT2D eigenvalue weighted by molar-refractivity contribution is 6.17. The first-order chi connectivity index (χ1) is 10.6. The van der Waals surface area contributed by atoms with Gasteiger partial charge in [0.2, 0.25) is 5.91 Å². The van der Waals surface area contributed by atoms with E-state index in [1.807, 2.05) is 0 Å². The lowest BCUT2D eigenvalue weighted by Gasteiger charge is -2.17. The number of nitrogens with one attached hydrogen (secondary N) is 1. The van der Waals surface area contributed by atoms with Gasteiger partial charge in [-0.25, -0.2) is 0 Å². The van der Waals surface area contributed by atoms with Gasteiger partial charge in [0.15, 0.2) is 0 Å². The fraction of sp³-hybridized carbons (Fsp3) is 0.842. The average Bonchev–Trinajstić information content (AvgIpc) is 2.49.